The number of aromatic nitrogens is 12. The van der Waals surface area contributed by atoms with E-state index < -0.39 is 118 Å². The van der Waals surface area contributed by atoms with Crippen LogP contribution in [0, 0.1) is 81.1 Å². The van der Waals surface area contributed by atoms with E-state index in [1.807, 2.05) is 72.6 Å². The maximum absolute atomic E-state index is 12.6. The summed E-state index contributed by atoms with van der Waals surface area (Å²) < 4.78 is 211. The standard InChI is InChI=1S/C25H30F3N7O3SSi.C20H18F3N7O3S.C17H21N5OSi.C10H14N2O2.C8H9F3N2O2S.C5H6N2.ClH/c1-40(2,3)11-9-38-18-33-8-4-21-22(19(12-30)13-31-23(21)33)20-14-32-35(15-20)24(5-7-29)16-34(17-24)39(36,37)10-6-25(26,27)28;21-20(22,23)3-6-34(32,33)29-11-19(12-29,2-4-24)30-10-15(9-27-30)17-14(7-25)8-26-18-16(17)1-5-28(18)13-31;1-24(2,3)7-6-23-12-22-5-4-15-16(14-10-20-21-11-14)13(8-18)9-19-17(15)22;1-10(2,3)14-9(13)12-6-8(7-12)5-11-4;1-12-4-7-5-13(6-7)16(14,15)3-2-8(9,10)11;6-2-1-5-3-7-4-5;/h4,8,13-15H,5-6,9-11,16-18H2,1-3H3;1,5,8-10,31H,2-3,6,11-13H2;4-5,9-11H,6-7,12H2,1-3H3,(H,20,21);5H,6-7H2,1-3H3;4H,2-3,5-6H2;1,7H,3-4H2;1H. The number of rotatable bonds is 27. The molecule has 0 radical (unpaired) electrons. The van der Waals surface area contributed by atoms with Gasteiger partial charge in [0.1, 0.15) is 72.0 Å². The lowest BCUT2D eigenvalue weighted by molar-refractivity contribution is -0.131. The van der Waals surface area contributed by atoms with E-state index in [2.05, 4.69) is 108 Å². The number of aliphatic hydroxyl groups is 1. The van der Waals surface area contributed by atoms with Crippen molar-refractivity contribution in [2.45, 2.75) is 160 Å². The Bertz CT molecular complexity index is 6560. The van der Waals surface area contributed by atoms with Gasteiger partial charge in [-0.2, -0.15) is 99.3 Å². The summed E-state index contributed by atoms with van der Waals surface area (Å²) in [7, 11) is -14.5. The number of amides is 1. The molecule has 0 aliphatic carbocycles. The minimum atomic E-state index is -4.60. The van der Waals surface area contributed by atoms with Gasteiger partial charge in [0.05, 0.1) is 116 Å². The average molecular weight is 2010 g/mol. The summed E-state index contributed by atoms with van der Waals surface area (Å²) in [5.41, 5.74) is 7.17. The van der Waals surface area contributed by atoms with E-state index in [1.165, 1.54) is 56.7 Å². The van der Waals surface area contributed by atoms with Crippen LogP contribution in [0.2, 0.25) is 51.4 Å². The minimum absolute atomic E-state index is 0. The van der Waals surface area contributed by atoms with Crippen LogP contribution >= 0.6 is 12.4 Å². The molecule has 5 saturated heterocycles. The summed E-state index contributed by atoms with van der Waals surface area (Å²) in [6.07, 6.45) is 5.39. The molecule has 5 aliphatic rings. The van der Waals surface area contributed by atoms with Gasteiger partial charge in [-0.25, -0.2) is 54.7 Å². The highest BCUT2D eigenvalue weighted by Gasteiger charge is 2.53. The largest absolute Gasteiger partial charge is 0.444 e. The highest BCUT2D eigenvalue weighted by atomic mass is 35.5. The van der Waals surface area contributed by atoms with E-state index in [0.717, 1.165) is 72.4 Å². The number of fused-ring (bicyclic) bond motifs is 3. The molecule has 36 nitrogen and oxygen atoms in total. The predicted octanol–water partition coefficient (Wildman–Crippen LogP) is 13.7. The zero-order valence-electron chi connectivity index (χ0n) is 75.4. The van der Waals surface area contributed by atoms with Crippen molar-refractivity contribution in [3.8, 4) is 69.8 Å². The number of sulfonamides is 3. The van der Waals surface area contributed by atoms with E-state index in [1.54, 1.807) is 54.2 Å². The Hall–Kier alpha value is -12.2. The fourth-order valence-corrected chi connectivity index (χ4v) is 20.1. The van der Waals surface area contributed by atoms with Crippen LogP contribution in [-0.4, -0.2) is 249 Å². The van der Waals surface area contributed by atoms with Crippen molar-refractivity contribution in [1.82, 2.24) is 81.5 Å². The summed E-state index contributed by atoms with van der Waals surface area (Å²) in [4.78, 5) is 32.2. The van der Waals surface area contributed by atoms with Gasteiger partial charge >= 0.3 is 24.6 Å². The number of H-pyrrole nitrogens is 1. The molecular weight excluding hydrogens is 1910 g/mol. The monoisotopic (exact) mass is 2000 g/mol. The van der Waals surface area contributed by atoms with Crippen LogP contribution in [0.3, 0.4) is 0 Å². The second-order valence-electron chi connectivity index (χ2n) is 35.4. The number of carbonyl (C=O) groups excluding carboxylic acids is 1. The van der Waals surface area contributed by atoms with Crippen molar-refractivity contribution >= 4 is 97.8 Å². The second-order valence-corrected chi connectivity index (χ2v) is 52.9. The van der Waals surface area contributed by atoms with Gasteiger partial charge in [0.15, 0.2) is 12.4 Å². The molecule has 51 heteroatoms. The number of alkyl halides is 9. The normalized spacial score (nSPS) is 15.4. The second kappa shape index (κ2) is 45.6. The van der Waals surface area contributed by atoms with Crippen molar-refractivity contribution in [2.24, 2.45) is 0 Å². The molecule has 726 valence electrons. The first-order valence-electron chi connectivity index (χ1n) is 41.5. The number of hydrogen-bond acceptors (Lipinski definition) is 24. The van der Waals surface area contributed by atoms with Crippen LogP contribution in [0.25, 0.3) is 76.2 Å². The quantitative estimate of drug-likeness (QED) is 0.0141. The molecule has 136 heavy (non-hydrogen) atoms. The number of nitrogens with one attached hydrogen (secondary N) is 2. The third-order valence-electron chi connectivity index (χ3n) is 21.3. The van der Waals surface area contributed by atoms with E-state index in [4.69, 9.17) is 32.6 Å². The summed E-state index contributed by atoms with van der Waals surface area (Å²) in [6, 6.07) is 20.1. The van der Waals surface area contributed by atoms with Crippen molar-refractivity contribution in [3.05, 3.63) is 167 Å². The summed E-state index contributed by atoms with van der Waals surface area (Å²) in [5, 5.41) is 85.8. The smallest absolute Gasteiger partial charge is 0.410 e. The Labute approximate surface area is 787 Å². The Morgan fingerprint density at radius 1 is 0.551 bits per heavy atom. The molecule has 0 saturated carbocycles. The van der Waals surface area contributed by atoms with Gasteiger partial charge in [-0.05, 0) is 67.8 Å². The highest BCUT2D eigenvalue weighted by molar-refractivity contribution is 7.89. The van der Waals surface area contributed by atoms with Gasteiger partial charge in [0, 0.05) is 206 Å². The van der Waals surface area contributed by atoms with Gasteiger partial charge in [0.25, 0.3) is 0 Å². The zero-order valence-corrected chi connectivity index (χ0v) is 80.7. The van der Waals surface area contributed by atoms with Crippen LogP contribution in [0.5, 0.6) is 0 Å². The first-order valence-corrected chi connectivity index (χ1v) is 53.8. The topological polar surface area (TPSA) is 462 Å². The van der Waals surface area contributed by atoms with E-state index in [0.29, 0.717) is 94.2 Å². The molecule has 9 aromatic rings. The van der Waals surface area contributed by atoms with Crippen LogP contribution in [0.15, 0.2) is 128 Å². The maximum atomic E-state index is 12.6. The maximum Gasteiger partial charge on any atom is 0.410 e. The number of allylic oxidation sites excluding steroid dienone is 1. The molecule has 3 N–H and O–H groups in total. The summed E-state index contributed by atoms with van der Waals surface area (Å²) in [6.45, 7) is 36.5. The highest BCUT2D eigenvalue weighted by Crippen LogP contribution is 2.42. The molecule has 0 bridgehead atoms. The van der Waals surface area contributed by atoms with Gasteiger partial charge < -0.3 is 43.2 Å². The lowest BCUT2D eigenvalue weighted by Gasteiger charge is -2.47. The molecule has 1 amide bonds. The van der Waals surface area contributed by atoms with Crippen LogP contribution in [-0.2, 0) is 75.6 Å². The number of aromatic amines is 1. The number of hydrogen-bond donors (Lipinski definition) is 3. The van der Waals surface area contributed by atoms with Crippen molar-refractivity contribution in [1.29, 1.82) is 31.6 Å². The SMILES string of the molecule is C[Si](C)(C)CCOCn1ccc2c(-c3cn[nH]c3)c(C#N)cnc21.C[Si](C)(C)CCOCn1ccc2c(-c3cnn(C4(CC#N)CN(S(=O)(=O)CCC(F)(F)F)C4)c3)c(C#N)cnc21.Cl.N#CC=C1CNC1.N#CCC1(n2cc(-c3c(C#N)cnc4c3ccn4CO)cn2)CN(S(=O)(=O)CCC(F)(F)F)C1.[C-]#[N+]C=C1CN(C(=O)OC(C)(C)C)C1.[C-]#[N+]C=C1CN(S(=O)(=O)CCC(F)(F)F)C1. The molecule has 0 atom stereocenters. The summed E-state index contributed by atoms with van der Waals surface area (Å²) in [5.74, 6) is -3.05. The fourth-order valence-electron chi connectivity index (χ4n) is 13.8. The Morgan fingerprint density at radius 3 is 1.24 bits per heavy atom. The fraction of sp³-hybridized carbons (Fsp3) is 0.471. The number of pyridine rings is 3. The first kappa shape index (κ1) is 109. The van der Waals surface area contributed by atoms with Gasteiger partial charge in [0.2, 0.25) is 30.1 Å². The number of nitrogens with zero attached hydrogens (tertiary/aromatic N) is 23. The molecule has 14 heterocycles. The molecule has 9 aromatic heterocycles. The van der Waals surface area contributed by atoms with Gasteiger partial charge in [-0.15, -0.1) is 12.4 Å². The Balaban J connectivity index is 0.000000214. The molecule has 5 aliphatic heterocycles. The molecule has 0 unspecified atom stereocenters. The number of nitriles is 6. The van der Waals surface area contributed by atoms with Crippen molar-refractivity contribution in [2.75, 3.05) is 95.9 Å². The number of ether oxygens (including phenoxy) is 3. The molecule has 0 spiro atoms. The van der Waals surface area contributed by atoms with Gasteiger partial charge in [-0.3, -0.25) is 14.5 Å². The molecular formula is C85H99ClF9N25O11S3Si2. The minimum Gasteiger partial charge on any atom is -0.444 e. The third-order valence-corrected chi connectivity index (χ3v) is 30.0. The molecule has 14 rings (SSSR count). The van der Waals surface area contributed by atoms with Crippen LogP contribution in [0.1, 0.15) is 69.6 Å². The first-order chi connectivity index (χ1) is 63.3. The average Bonchev–Trinajstić information content (AvgIpc) is 1.54. The van der Waals surface area contributed by atoms with E-state index >= 15 is 0 Å². The van der Waals surface area contributed by atoms with E-state index in [-0.39, 0.29) is 82.9 Å². The third kappa shape index (κ3) is 29.4. The number of likely N-dealkylation sites (tertiary alicyclic amines) is 1. The lowest BCUT2D eigenvalue weighted by atomic mass is 9.89. The van der Waals surface area contributed by atoms with Crippen LogP contribution in [0.4, 0.5) is 44.3 Å². The van der Waals surface area contributed by atoms with Crippen molar-refractivity contribution < 1.29 is 88.9 Å². The Morgan fingerprint density at radius 2 is 0.926 bits per heavy atom. The number of aliphatic hydroxyl groups excluding tert-OH is 1. The number of carbonyl (C=O) groups is 1. The summed E-state index contributed by atoms with van der Waals surface area (Å²) >= 11 is 0. The van der Waals surface area contributed by atoms with Crippen molar-refractivity contribution in [3.63, 3.8) is 0 Å². The van der Waals surface area contributed by atoms with Gasteiger partial charge in [-0.1, -0.05) is 39.3 Å². The Kier molecular flexibility index (Phi) is 36.6. The molecule has 0 aromatic carbocycles. The van der Waals surface area contributed by atoms with E-state index in [9.17, 15) is 101 Å². The number of halogens is 10. The molecule has 5 fully saturated rings. The predicted molar refractivity (Wildman–Crippen MR) is 489 cm³/mol. The lowest BCUT2D eigenvalue weighted by Crippen LogP contribution is -2.64. The van der Waals surface area contributed by atoms with Crippen LogP contribution < -0.4 is 5.32 Å². The zero-order chi connectivity index (χ0) is 99.5.